The minimum absolute atomic E-state index is 0.0101. The Hall–Kier alpha value is -3.46. The second-order valence-corrected chi connectivity index (χ2v) is 9.41. The maximum Gasteiger partial charge on any atom is 0.255 e. The number of piperazine rings is 1. The van der Waals surface area contributed by atoms with Crippen LogP contribution in [0, 0.1) is 5.92 Å². The van der Waals surface area contributed by atoms with Crippen molar-refractivity contribution in [2.24, 2.45) is 5.92 Å². The lowest BCUT2D eigenvalue weighted by Crippen LogP contribution is -2.46. The SMILES string of the molecule is O=C(Nc1cc(C(=O)N2CCNCC2)ccc1N1CCCN(C(=O)c2cccnc2)CC1)C1CC1. The lowest BCUT2D eigenvalue weighted by Gasteiger charge is -2.29. The third-order valence-electron chi connectivity index (χ3n) is 6.89. The summed E-state index contributed by atoms with van der Waals surface area (Å²) in [6.45, 7) is 5.57. The summed E-state index contributed by atoms with van der Waals surface area (Å²) in [5.74, 6) is 0.0524. The molecule has 5 rings (SSSR count). The summed E-state index contributed by atoms with van der Waals surface area (Å²) in [5.41, 5.74) is 2.75. The molecule has 1 aromatic heterocycles. The van der Waals surface area contributed by atoms with E-state index in [4.69, 9.17) is 0 Å². The predicted octanol–water partition coefficient (Wildman–Crippen LogP) is 1.83. The molecule has 3 amide bonds. The van der Waals surface area contributed by atoms with Crippen molar-refractivity contribution in [3.63, 3.8) is 0 Å². The normalized spacial score (nSPS) is 18.7. The largest absolute Gasteiger partial charge is 0.368 e. The van der Waals surface area contributed by atoms with Gasteiger partial charge in [0.2, 0.25) is 5.91 Å². The summed E-state index contributed by atoms with van der Waals surface area (Å²) in [7, 11) is 0. The zero-order chi connectivity index (χ0) is 24.2. The van der Waals surface area contributed by atoms with Crippen molar-refractivity contribution < 1.29 is 14.4 Å². The minimum atomic E-state index is -0.0147. The van der Waals surface area contributed by atoms with Crippen LogP contribution in [0.25, 0.3) is 0 Å². The Morgan fingerprint density at radius 1 is 0.886 bits per heavy atom. The van der Waals surface area contributed by atoms with E-state index in [1.807, 2.05) is 28.0 Å². The number of pyridine rings is 1. The molecule has 1 aliphatic carbocycles. The third-order valence-corrected chi connectivity index (χ3v) is 6.89. The Bertz CT molecular complexity index is 1080. The fraction of sp³-hybridized carbons (Fsp3) is 0.462. The molecule has 0 atom stereocenters. The van der Waals surface area contributed by atoms with E-state index in [9.17, 15) is 14.4 Å². The second kappa shape index (κ2) is 10.4. The summed E-state index contributed by atoms with van der Waals surface area (Å²) >= 11 is 0. The van der Waals surface area contributed by atoms with E-state index in [-0.39, 0.29) is 23.6 Å². The van der Waals surface area contributed by atoms with E-state index in [0.717, 1.165) is 44.6 Å². The molecule has 3 fully saturated rings. The monoisotopic (exact) mass is 476 g/mol. The molecular formula is C26H32N6O3. The molecule has 9 nitrogen and oxygen atoms in total. The Morgan fingerprint density at radius 2 is 1.66 bits per heavy atom. The number of nitrogens with one attached hydrogen (secondary N) is 2. The van der Waals surface area contributed by atoms with Crippen LogP contribution in [0.15, 0.2) is 42.7 Å². The average Bonchev–Trinajstić information content (AvgIpc) is 3.77. The molecule has 184 valence electrons. The first kappa shape index (κ1) is 23.3. The molecule has 1 aromatic carbocycles. The number of hydrogen-bond donors (Lipinski definition) is 2. The van der Waals surface area contributed by atoms with Gasteiger partial charge >= 0.3 is 0 Å². The van der Waals surface area contributed by atoms with E-state index in [1.54, 1.807) is 24.5 Å². The van der Waals surface area contributed by atoms with Crippen molar-refractivity contribution in [2.45, 2.75) is 19.3 Å². The quantitative estimate of drug-likeness (QED) is 0.683. The molecule has 2 saturated heterocycles. The summed E-state index contributed by atoms with van der Waals surface area (Å²) in [6, 6.07) is 9.18. The number of amides is 3. The number of anilines is 2. The van der Waals surface area contributed by atoms with Crippen LogP contribution in [0.1, 0.15) is 40.0 Å². The van der Waals surface area contributed by atoms with E-state index < -0.39 is 0 Å². The topological polar surface area (TPSA) is 97.9 Å². The van der Waals surface area contributed by atoms with E-state index >= 15 is 0 Å². The molecule has 2 N–H and O–H groups in total. The highest BCUT2D eigenvalue weighted by molar-refractivity contribution is 6.01. The standard InChI is InChI=1S/C26H32N6O3/c33-24(19-4-5-19)29-22-17-20(25(34)32-13-9-27-10-14-32)6-7-23(22)30-11-2-12-31(16-15-30)26(35)21-3-1-8-28-18-21/h1,3,6-8,17-19,27H,2,4-5,9-16H2,(H,29,33). The van der Waals surface area contributed by atoms with Gasteiger partial charge in [-0.3, -0.25) is 19.4 Å². The first-order chi connectivity index (χ1) is 17.1. The molecule has 35 heavy (non-hydrogen) atoms. The van der Waals surface area contributed by atoms with Crippen LogP contribution >= 0.6 is 0 Å². The smallest absolute Gasteiger partial charge is 0.255 e. The number of aromatic nitrogens is 1. The van der Waals surface area contributed by atoms with Crippen molar-refractivity contribution in [3.05, 3.63) is 53.9 Å². The van der Waals surface area contributed by atoms with Crippen molar-refractivity contribution >= 4 is 29.1 Å². The Kier molecular flexibility index (Phi) is 6.94. The Labute approximate surface area is 205 Å². The van der Waals surface area contributed by atoms with Gasteiger partial charge in [0, 0.05) is 76.2 Å². The summed E-state index contributed by atoms with van der Waals surface area (Å²) in [6.07, 6.45) is 5.90. The summed E-state index contributed by atoms with van der Waals surface area (Å²) in [5, 5.41) is 6.36. The number of benzene rings is 1. The van der Waals surface area contributed by atoms with Crippen LogP contribution in [-0.4, -0.2) is 84.9 Å². The zero-order valence-corrected chi connectivity index (χ0v) is 19.9. The van der Waals surface area contributed by atoms with Gasteiger partial charge in [-0.2, -0.15) is 0 Å². The Morgan fingerprint density at radius 3 is 2.40 bits per heavy atom. The van der Waals surface area contributed by atoms with Gasteiger partial charge in [-0.25, -0.2) is 0 Å². The molecule has 1 saturated carbocycles. The minimum Gasteiger partial charge on any atom is -0.368 e. The molecule has 3 heterocycles. The van der Waals surface area contributed by atoms with Crippen LogP contribution in [0.2, 0.25) is 0 Å². The molecule has 3 aliphatic rings. The molecule has 0 bridgehead atoms. The molecule has 9 heteroatoms. The van der Waals surface area contributed by atoms with E-state index in [0.29, 0.717) is 49.5 Å². The Balaban J connectivity index is 1.35. The van der Waals surface area contributed by atoms with Gasteiger partial charge in [0.05, 0.1) is 16.9 Å². The number of nitrogens with zero attached hydrogens (tertiary/aromatic N) is 4. The molecule has 2 aliphatic heterocycles. The lowest BCUT2D eigenvalue weighted by atomic mass is 10.1. The molecule has 0 spiro atoms. The van der Waals surface area contributed by atoms with Gasteiger partial charge in [0.1, 0.15) is 0 Å². The van der Waals surface area contributed by atoms with Crippen molar-refractivity contribution in [1.29, 1.82) is 0 Å². The van der Waals surface area contributed by atoms with Crippen LogP contribution in [-0.2, 0) is 4.79 Å². The van der Waals surface area contributed by atoms with E-state index in [1.165, 1.54) is 0 Å². The molecule has 0 radical (unpaired) electrons. The second-order valence-electron chi connectivity index (χ2n) is 9.41. The van der Waals surface area contributed by atoms with Crippen LogP contribution < -0.4 is 15.5 Å². The summed E-state index contributed by atoms with van der Waals surface area (Å²) < 4.78 is 0. The lowest BCUT2D eigenvalue weighted by molar-refractivity contribution is -0.117. The number of carbonyl (C=O) groups excluding carboxylic acids is 3. The fourth-order valence-electron chi connectivity index (χ4n) is 4.71. The number of hydrogen-bond acceptors (Lipinski definition) is 6. The summed E-state index contributed by atoms with van der Waals surface area (Å²) in [4.78, 5) is 48.7. The van der Waals surface area contributed by atoms with Gasteiger partial charge < -0.3 is 25.3 Å². The van der Waals surface area contributed by atoms with Gasteiger partial charge in [0.25, 0.3) is 11.8 Å². The predicted molar refractivity (Wildman–Crippen MR) is 134 cm³/mol. The third kappa shape index (κ3) is 5.45. The van der Waals surface area contributed by atoms with Crippen molar-refractivity contribution in [1.82, 2.24) is 20.1 Å². The van der Waals surface area contributed by atoms with Gasteiger partial charge in [-0.15, -0.1) is 0 Å². The van der Waals surface area contributed by atoms with E-state index in [2.05, 4.69) is 20.5 Å². The first-order valence-electron chi connectivity index (χ1n) is 12.5. The highest BCUT2D eigenvalue weighted by atomic mass is 16.2. The van der Waals surface area contributed by atoms with Crippen molar-refractivity contribution in [2.75, 3.05) is 62.6 Å². The maximum atomic E-state index is 13.1. The highest BCUT2D eigenvalue weighted by Crippen LogP contribution is 2.34. The van der Waals surface area contributed by atoms with Crippen LogP contribution in [0.5, 0.6) is 0 Å². The van der Waals surface area contributed by atoms with Crippen LogP contribution in [0.3, 0.4) is 0 Å². The van der Waals surface area contributed by atoms with Gasteiger partial charge in [-0.1, -0.05) is 0 Å². The molecular weight excluding hydrogens is 444 g/mol. The first-order valence-corrected chi connectivity index (χ1v) is 12.5. The molecule has 2 aromatic rings. The number of rotatable bonds is 5. The molecule has 0 unspecified atom stereocenters. The van der Waals surface area contributed by atoms with Crippen LogP contribution in [0.4, 0.5) is 11.4 Å². The van der Waals surface area contributed by atoms with Gasteiger partial charge in [0.15, 0.2) is 0 Å². The number of carbonyl (C=O) groups is 3. The fourth-order valence-corrected chi connectivity index (χ4v) is 4.71. The zero-order valence-electron chi connectivity index (χ0n) is 19.9. The highest BCUT2D eigenvalue weighted by Gasteiger charge is 2.31. The van der Waals surface area contributed by atoms with Gasteiger partial charge in [-0.05, 0) is 49.6 Å². The van der Waals surface area contributed by atoms with Crippen molar-refractivity contribution in [3.8, 4) is 0 Å². The maximum absolute atomic E-state index is 13.1. The average molecular weight is 477 g/mol.